The fraction of sp³-hybridized carbons (Fsp3) is 0.682. The first kappa shape index (κ1) is 21.7. The van der Waals surface area contributed by atoms with E-state index in [1.165, 1.54) is 18.6 Å². The number of carbonyl (C=O) groups is 1. The Morgan fingerprint density at radius 2 is 1.48 bits per heavy atom. The lowest BCUT2D eigenvalue weighted by Gasteiger charge is -2.38. The van der Waals surface area contributed by atoms with Crippen LogP contribution in [0.5, 0.6) is 0 Å². The van der Waals surface area contributed by atoms with Crippen molar-refractivity contribution < 1.29 is 9.18 Å². The minimum absolute atomic E-state index is 0.110. The average molecular weight is 350 g/mol. The highest BCUT2D eigenvalue weighted by molar-refractivity contribution is 5.94. The van der Waals surface area contributed by atoms with Crippen molar-refractivity contribution in [1.82, 2.24) is 5.32 Å². The molecular weight excluding hydrogens is 313 g/mol. The fourth-order valence-electron chi connectivity index (χ4n) is 3.82. The number of amides is 1. The Labute approximate surface area is 153 Å². The quantitative estimate of drug-likeness (QED) is 0.545. The summed E-state index contributed by atoms with van der Waals surface area (Å²) >= 11 is 0. The van der Waals surface area contributed by atoms with Gasteiger partial charge in [0.25, 0.3) is 5.91 Å². The van der Waals surface area contributed by atoms with E-state index in [0.717, 1.165) is 19.3 Å². The van der Waals surface area contributed by atoms with Gasteiger partial charge < -0.3 is 5.32 Å². The molecule has 0 heterocycles. The van der Waals surface area contributed by atoms with Gasteiger partial charge in [0.2, 0.25) is 0 Å². The zero-order chi connectivity index (χ0) is 19.0. The van der Waals surface area contributed by atoms with Gasteiger partial charge in [-0.3, -0.25) is 4.79 Å². The van der Waals surface area contributed by atoms with Gasteiger partial charge in [-0.15, -0.1) is 0 Å². The van der Waals surface area contributed by atoms with E-state index in [2.05, 4.69) is 46.9 Å². The topological polar surface area (TPSA) is 29.1 Å². The molecule has 2 nitrogen and oxygen atoms in total. The molecule has 1 amide bonds. The monoisotopic (exact) mass is 349 g/mol. The molecule has 1 rings (SSSR count). The maximum atomic E-state index is 13.1. The maximum absolute atomic E-state index is 13.1. The molecule has 1 aromatic rings. The molecule has 0 aliphatic heterocycles. The zero-order valence-corrected chi connectivity index (χ0v) is 16.9. The SMILES string of the molecule is CC(C)CCC(CNC(=O)c1ccc(F)cc1)(CC(C)C)CC(C)C. The smallest absolute Gasteiger partial charge is 0.251 e. The first-order chi connectivity index (χ1) is 11.6. The Bertz CT molecular complexity index is 509. The average Bonchev–Trinajstić information content (AvgIpc) is 2.50. The highest BCUT2D eigenvalue weighted by atomic mass is 19.1. The third kappa shape index (κ3) is 8.02. The Balaban J connectivity index is 2.88. The molecule has 0 aromatic heterocycles. The maximum Gasteiger partial charge on any atom is 0.251 e. The van der Waals surface area contributed by atoms with Crippen molar-refractivity contribution in [2.24, 2.45) is 23.2 Å². The molecule has 0 aliphatic rings. The van der Waals surface area contributed by atoms with Crippen molar-refractivity contribution in [3.05, 3.63) is 35.6 Å². The summed E-state index contributed by atoms with van der Waals surface area (Å²) in [5.41, 5.74) is 0.649. The summed E-state index contributed by atoms with van der Waals surface area (Å²) in [5.74, 6) is 1.41. The number of carbonyl (C=O) groups excluding carboxylic acids is 1. The molecule has 0 saturated heterocycles. The van der Waals surface area contributed by atoms with E-state index in [1.807, 2.05) is 0 Å². The van der Waals surface area contributed by atoms with Gasteiger partial charge in [-0.25, -0.2) is 4.39 Å². The number of hydrogen-bond acceptors (Lipinski definition) is 1. The summed E-state index contributed by atoms with van der Waals surface area (Å²) in [6.45, 7) is 14.2. The highest BCUT2D eigenvalue weighted by Gasteiger charge is 2.32. The summed E-state index contributed by atoms with van der Waals surface area (Å²) in [5, 5.41) is 3.13. The van der Waals surface area contributed by atoms with E-state index < -0.39 is 0 Å². The first-order valence-corrected chi connectivity index (χ1v) is 9.67. The van der Waals surface area contributed by atoms with Crippen LogP contribution in [0.25, 0.3) is 0 Å². The molecule has 0 bridgehead atoms. The van der Waals surface area contributed by atoms with Gasteiger partial charge in [0.05, 0.1) is 0 Å². The summed E-state index contributed by atoms with van der Waals surface area (Å²) in [6.07, 6.45) is 4.53. The van der Waals surface area contributed by atoms with Gasteiger partial charge in [-0.05, 0) is 66.7 Å². The van der Waals surface area contributed by atoms with E-state index in [-0.39, 0.29) is 17.1 Å². The Hall–Kier alpha value is -1.38. The van der Waals surface area contributed by atoms with Gasteiger partial charge in [0.1, 0.15) is 5.82 Å². The number of benzene rings is 1. The molecule has 0 unspecified atom stereocenters. The Kier molecular flexibility index (Phi) is 8.61. The second-order valence-electron chi connectivity index (χ2n) is 8.82. The second kappa shape index (κ2) is 9.94. The normalized spacial score (nSPS) is 12.2. The third-order valence-electron chi connectivity index (χ3n) is 4.66. The van der Waals surface area contributed by atoms with Crippen LogP contribution in [-0.4, -0.2) is 12.5 Å². The van der Waals surface area contributed by atoms with E-state index >= 15 is 0 Å². The lowest BCUT2D eigenvalue weighted by atomic mass is 9.70. The van der Waals surface area contributed by atoms with E-state index in [4.69, 9.17) is 0 Å². The molecule has 0 radical (unpaired) electrons. The van der Waals surface area contributed by atoms with Crippen molar-refractivity contribution >= 4 is 5.91 Å². The predicted molar refractivity (Wildman–Crippen MR) is 104 cm³/mol. The largest absolute Gasteiger partial charge is 0.351 e. The molecule has 0 saturated carbocycles. The number of rotatable bonds is 10. The minimum atomic E-state index is -0.317. The molecule has 1 N–H and O–H groups in total. The summed E-state index contributed by atoms with van der Waals surface area (Å²) in [4.78, 5) is 12.5. The standard InChI is InChI=1S/C22H36FNO/c1-16(2)11-12-22(13-17(3)4,14-18(5)6)15-24-21(25)19-7-9-20(23)10-8-19/h7-10,16-18H,11-15H2,1-6H3,(H,24,25). The minimum Gasteiger partial charge on any atom is -0.351 e. The molecule has 0 fully saturated rings. The van der Waals surface area contributed by atoms with Gasteiger partial charge in [-0.2, -0.15) is 0 Å². The van der Waals surface area contributed by atoms with Crippen molar-refractivity contribution in [1.29, 1.82) is 0 Å². The van der Waals surface area contributed by atoms with Crippen LogP contribution in [0.2, 0.25) is 0 Å². The second-order valence-corrected chi connectivity index (χ2v) is 8.82. The van der Waals surface area contributed by atoms with Crippen molar-refractivity contribution in [3.8, 4) is 0 Å². The number of halogens is 1. The molecule has 3 heteroatoms. The molecule has 25 heavy (non-hydrogen) atoms. The van der Waals surface area contributed by atoms with Gasteiger partial charge in [0.15, 0.2) is 0 Å². The van der Waals surface area contributed by atoms with Crippen molar-refractivity contribution in [2.75, 3.05) is 6.54 Å². The Morgan fingerprint density at radius 3 is 1.92 bits per heavy atom. The molecule has 0 spiro atoms. The number of hydrogen-bond donors (Lipinski definition) is 1. The van der Waals surface area contributed by atoms with Crippen LogP contribution in [0, 0.1) is 29.0 Å². The molecule has 1 aromatic carbocycles. The highest BCUT2D eigenvalue weighted by Crippen LogP contribution is 2.38. The van der Waals surface area contributed by atoms with E-state index in [9.17, 15) is 9.18 Å². The third-order valence-corrected chi connectivity index (χ3v) is 4.66. The van der Waals surface area contributed by atoms with E-state index in [0.29, 0.717) is 29.9 Å². The zero-order valence-electron chi connectivity index (χ0n) is 16.9. The lowest BCUT2D eigenvalue weighted by molar-refractivity contribution is 0.0888. The van der Waals surface area contributed by atoms with Crippen LogP contribution in [0.4, 0.5) is 4.39 Å². The van der Waals surface area contributed by atoms with Gasteiger partial charge in [0, 0.05) is 12.1 Å². The van der Waals surface area contributed by atoms with E-state index in [1.54, 1.807) is 12.1 Å². The molecule has 0 atom stereocenters. The van der Waals surface area contributed by atoms with Gasteiger partial charge in [-0.1, -0.05) is 48.0 Å². The van der Waals surface area contributed by atoms with Crippen LogP contribution < -0.4 is 5.32 Å². The van der Waals surface area contributed by atoms with Crippen LogP contribution in [0.15, 0.2) is 24.3 Å². The van der Waals surface area contributed by atoms with Crippen LogP contribution in [0.3, 0.4) is 0 Å². The summed E-state index contributed by atoms with van der Waals surface area (Å²) in [6, 6.07) is 5.77. The summed E-state index contributed by atoms with van der Waals surface area (Å²) in [7, 11) is 0. The van der Waals surface area contributed by atoms with Gasteiger partial charge >= 0.3 is 0 Å². The molecule has 0 aliphatic carbocycles. The first-order valence-electron chi connectivity index (χ1n) is 9.67. The number of nitrogens with one attached hydrogen (secondary N) is 1. The summed E-state index contributed by atoms with van der Waals surface area (Å²) < 4.78 is 13.1. The Morgan fingerprint density at radius 1 is 0.960 bits per heavy atom. The predicted octanol–water partition coefficient (Wildman–Crippen LogP) is 6.07. The van der Waals surface area contributed by atoms with Crippen molar-refractivity contribution in [3.63, 3.8) is 0 Å². The fourth-order valence-corrected chi connectivity index (χ4v) is 3.82. The van der Waals surface area contributed by atoms with Crippen LogP contribution in [-0.2, 0) is 0 Å². The lowest BCUT2D eigenvalue weighted by Crippen LogP contribution is -2.39. The van der Waals surface area contributed by atoms with Crippen LogP contribution in [0.1, 0.15) is 77.6 Å². The molecular formula is C22H36FNO. The van der Waals surface area contributed by atoms with Crippen molar-refractivity contribution in [2.45, 2.75) is 67.2 Å². The molecule has 142 valence electrons. The van der Waals surface area contributed by atoms with Crippen LogP contribution >= 0.6 is 0 Å².